The third-order valence-corrected chi connectivity index (χ3v) is 5.05. The SMILES string of the molecule is COc1ccc(CN(C)Cc2cscn2)cc1-c1nc(N(C)C)ns1. The number of ether oxygens (including phenoxy) is 1. The first-order valence-electron chi connectivity index (χ1n) is 7.80. The molecule has 0 saturated carbocycles. The van der Waals surface area contributed by atoms with Gasteiger partial charge in [-0.25, -0.2) is 4.98 Å². The van der Waals surface area contributed by atoms with Gasteiger partial charge >= 0.3 is 0 Å². The number of rotatable bonds is 7. The molecular weight excluding hydrogens is 354 g/mol. The van der Waals surface area contributed by atoms with Crippen molar-refractivity contribution < 1.29 is 4.74 Å². The summed E-state index contributed by atoms with van der Waals surface area (Å²) in [5.41, 5.74) is 5.15. The van der Waals surface area contributed by atoms with E-state index in [1.54, 1.807) is 18.4 Å². The summed E-state index contributed by atoms with van der Waals surface area (Å²) < 4.78 is 9.91. The van der Waals surface area contributed by atoms with Crippen molar-refractivity contribution >= 4 is 28.8 Å². The summed E-state index contributed by atoms with van der Waals surface area (Å²) in [7, 11) is 7.65. The lowest BCUT2D eigenvalue weighted by molar-refractivity contribution is 0.315. The topological polar surface area (TPSA) is 54.4 Å². The van der Waals surface area contributed by atoms with Crippen molar-refractivity contribution in [3.05, 3.63) is 40.3 Å². The molecule has 0 unspecified atom stereocenters. The molecule has 2 heterocycles. The molecule has 0 amide bonds. The fourth-order valence-corrected chi connectivity index (χ4v) is 3.79. The molecule has 6 nitrogen and oxygen atoms in total. The molecule has 0 aliphatic heterocycles. The highest BCUT2D eigenvalue weighted by Gasteiger charge is 2.14. The third-order valence-electron chi connectivity index (χ3n) is 3.68. The van der Waals surface area contributed by atoms with Crippen molar-refractivity contribution in [1.82, 2.24) is 19.2 Å². The van der Waals surface area contributed by atoms with Gasteiger partial charge in [-0.3, -0.25) is 4.90 Å². The number of aromatic nitrogens is 3. The van der Waals surface area contributed by atoms with E-state index in [-0.39, 0.29) is 0 Å². The summed E-state index contributed by atoms with van der Waals surface area (Å²) in [6, 6.07) is 6.22. The van der Waals surface area contributed by atoms with Crippen LogP contribution in [-0.2, 0) is 13.1 Å². The molecule has 0 radical (unpaired) electrons. The Kier molecular flexibility index (Phi) is 5.62. The van der Waals surface area contributed by atoms with E-state index in [1.165, 1.54) is 17.1 Å². The van der Waals surface area contributed by atoms with E-state index in [2.05, 4.69) is 43.8 Å². The smallest absolute Gasteiger partial charge is 0.237 e. The Morgan fingerprint density at radius 1 is 1.16 bits per heavy atom. The maximum Gasteiger partial charge on any atom is 0.237 e. The first kappa shape index (κ1) is 17.8. The van der Waals surface area contributed by atoms with Crippen LogP contribution in [0.5, 0.6) is 5.75 Å². The van der Waals surface area contributed by atoms with Crippen LogP contribution in [0.25, 0.3) is 10.6 Å². The molecular formula is C17H21N5OS2. The molecule has 0 N–H and O–H groups in total. The molecule has 3 aromatic rings. The zero-order valence-electron chi connectivity index (χ0n) is 14.8. The summed E-state index contributed by atoms with van der Waals surface area (Å²) in [6.07, 6.45) is 0. The van der Waals surface area contributed by atoms with Crippen molar-refractivity contribution in [2.24, 2.45) is 0 Å². The minimum Gasteiger partial charge on any atom is -0.496 e. The van der Waals surface area contributed by atoms with Crippen LogP contribution in [0.1, 0.15) is 11.3 Å². The summed E-state index contributed by atoms with van der Waals surface area (Å²) in [4.78, 5) is 13.1. The number of nitrogens with zero attached hydrogens (tertiary/aromatic N) is 5. The van der Waals surface area contributed by atoms with E-state index in [0.29, 0.717) is 5.95 Å². The predicted octanol–water partition coefficient (Wildman–Crippen LogP) is 3.37. The van der Waals surface area contributed by atoms with Gasteiger partial charge in [0.05, 0.1) is 23.9 Å². The molecule has 25 heavy (non-hydrogen) atoms. The van der Waals surface area contributed by atoms with Crippen molar-refractivity contribution in [3.8, 4) is 16.3 Å². The highest BCUT2D eigenvalue weighted by Crippen LogP contribution is 2.33. The highest BCUT2D eigenvalue weighted by molar-refractivity contribution is 7.09. The zero-order valence-corrected chi connectivity index (χ0v) is 16.4. The van der Waals surface area contributed by atoms with E-state index >= 15 is 0 Å². The van der Waals surface area contributed by atoms with Gasteiger partial charge < -0.3 is 9.64 Å². The van der Waals surface area contributed by atoms with Crippen molar-refractivity contribution in [3.63, 3.8) is 0 Å². The monoisotopic (exact) mass is 375 g/mol. The Morgan fingerprint density at radius 3 is 2.64 bits per heavy atom. The van der Waals surface area contributed by atoms with Crippen LogP contribution < -0.4 is 9.64 Å². The predicted molar refractivity (Wildman–Crippen MR) is 104 cm³/mol. The van der Waals surface area contributed by atoms with Gasteiger partial charge in [-0.1, -0.05) is 6.07 Å². The Bertz CT molecular complexity index is 816. The molecule has 0 atom stereocenters. The van der Waals surface area contributed by atoms with E-state index in [4.69, 9.17) is 4.74 Å². The summed E-state index contributed by atoms with van der Waals surface area (Å²) in [6.45, 7) is 1.66. The molecule has 0 aliphatic carbocycles. The first-order chi connectivity index (χ1) is 12.1. The second-order valence-electron chi connectivity index (χ2n) is 5.98. The molecule has 0 aliphatic rings. The number of anilines is 1. The molecule has 0 saturated heterocycles. The molecule has 3 rings (SSSR count). The van der Waals surface area contributed by atoms with Gasteiger partial charge in [0.25, 0.3) is 0 Å². The number of thiazole rings is 1. The number of methoxy groups -OCH3 is 1. The normalized spacial score (nSPS) is 11.1. The van der Waals surface area contributed by atoms with Crippen molar-refractivity contribution in [2.45, 2.75) is 13.1 Å². The van der Waals surface area contributed by atoms with Crippen LogP contribution in [0.4, 0.5) is 5.95 Å². The van der Waals surface area contributed by atoms with Crippen molar-refractivity contribution in [2.75, 3.05) is 33.2 Å². The molecule has 0 fully saturated rings. The van der Waals surface area contributed by atoms with Crippen LogP contribution >= 0.6 is 22.9 Å². The van der Waals surface area contributed by atoms with Crippen LogP contribution in [0, 0.1) is 0 Å². The molecule has 8 heteroatoms. The van der Waals surface area contributed by atoms with Crippen LogP contribution in [0.15, 0.2) is 29.1 Å². The fraction of sp³-hybridized carbons (Fsp3) is 0.353. The highest BCUT2D eigenvalue weighted by atomic mass is 32.1. The molecule has 132 valence electrons. The molecule has 0 bridgehead atoms. The number of benzene rings is 1. The van der Waals surface area contributed by atoms with E-state index in [9.17, 15) is 0 Å². The lowest BCUT2D eigenvalue weighted by Crippen LogP contribution is -2.17. The van der Waals surface area contributed by atoms with Gasteiger partial charge in [0.2, 0.25) is 5.95 Å². The molecule has 1 aromatic carbocycles. The first-order valence-corrected chi connectivity index (χ1v) is 9.52. The summed E-state index contributed by atoms with van der Waals surface area (Å²) in [5.74, 6) is 1.53. The Labute approximate surface area is 155 Å². The maximum absolute atomic E-state index is 5.52. The lowest BCUT2D eigenvalue weighted by atomic mass is 10.1. The van der Waals surface area contributed by atoms with Crippen LogP contribution in [0.3, 0.4) is 0 Å². The zero-order chi connectivity index (χ0) is 17.8. The summed E-state index contributed by atoms with van der Waals surface area (Å²) in [5, 5.41) is 2.95. The quantitative estimate of drug-likeness (QED) is 0.631. The van der Waals surface area contributed by atoms with Gasteiger partial charge in [0.15, 0.2) is 0 Å². The van der Waals surface area contributed by atoms with Gasteiger partial charge in [-0.2, -0.15) is 9.36 Å². The van der Waals surface area contributed by atoms with Crippen LogP contribution in [-0.4, -0.2) is 47.5 Å². The lowest BCUT2D eigenvalue weighted by Gasteiger charge is -2.16. The minimum atomic E-state index is 0.716. The third kappa shape index (κ3) is 4.33. The van der Waals surface area contributed by atoms with Gasteiger partial charge in [0, 0.05) is 32.6 Å². The van der Waals surface area contributed by atoms with Gasteiger partial charge in [0.1, 0.15) is 10.8 Å². The van der Waals surface area contributed by atoms with Gasteiger partial charge in [-0.05, 0) is 36.3 Å². The van der Waals surface area contributed by atoms with E-state index < -0.39 is 0 Å². The Balaban J connectivity index is 1.81. The largest absolute Gasteiger partial charge is 0.496 e. The average molecular weight is 376 g/mol. The van der Waals surface area contributed by atoms with Gasteiger partial charge in [-0.15, -0.1) is 11.3 Å². The average Bonchev–Trinajstić information content (AvgIpc) is 3.26. The maximum atomic E-state index is 5.52. The minimum absolute atomic E-state index is 0.716. The Hall–Kier alpha value is -2.03. The summed E-state index contributed by atoms with van der Waals surface area (Å²) >= 11 is 3.01. The second-order valence-corrected chi connectivity index (χ2v) is 7.45. The Morgan fingerprint density at radius 2 is 2.00 bits per heavy atom. The van der Waals surface area contributed by atoms with Crippen molar-refractivity contribution in [1.29, 1.82) is 0 Å². The van der Waals surface area contributed by atoms with E-state index in [1.807, 2.05) is 30.6 Å². The number of hydrogen-bond acceptors (Lipinski definition) is 8. The number of hydrogen-bond donors (Lipinski definition) is 0. The molecule has 2 aromatic heterocycles. The van der Waals surface area contributed by atoms with Crippen LogP contribution in [0.2, 0.25) is 0 Å². The van der Waals surface area contributed by atoms with E-state index in [0.717, 1.165) is 35.1 Å². The second kappa shape index (κ2) is 7.90. The standard InChI is InChI=1S/C17H21N5OS2/c1-21(2)17-19-16(25-20-17)14-7-12(5-6-15(14)23-4)8-22(3)9-13-10-24-11-18-13/h5-7,10-11H,8-9H2,1-4H3. The fourth-order valence-electron chi connectivity index (χ4n) is 2.49. The molecule has 0 spiro atoms.